The summed E-state index contributed by atoms with van der Waals surface area (Å²) in [6.45, 7) is 7.51. The number of nitrogens with zero attached hydrogens (tertiary/aromatic N) is 4. The van der Waals surface area contributed by atoms with Crippen molar-refractivity contribution in [3.05, 3.63) is 81.8 Å². The zero-order valence-corrected chi connectivity index (χ0v) is 23.6. The fourth-order valence-electron chi connectivity index (χ4n) is 5.00. The third-order valence-electron chi connectivity index (χ3n) is 6.87. The van der Waals surface area contributed by atoms with Gasteiger partial charge in [-0.1, -0.05) is 49.3 Å². The fourth-order valence-corrected chi connectivity index (χ4v) is 5.99. The first-order valence-electron chi connectivity index (χ1n) is 13.2. The molecule has 4 aromatic rings. The molecule has 0 saturated carbocycles. The van der Waals surface area contributed by atoms with E-state index in [-0.39, 0.29) is 22.2 Å². The molecule has 0 aliphatic carbocycles. The smallest absolute Gasteiger partial charge is 0.301 e. The number of thiazole rings is 1. The number of aliphatic hydroxyl groups is 1. The molecule has 1 N–H and O–H groups in total. The van der Waals surface area contributed by atoms with E-state index >= 15 is 0 Å². The van der Waals surface area contributed by atoms with Crippen LogP contribution in [0, 0.1) is 13.8 Å². The molecule has 1 atom stereocenters. The highest BCUT2D eigenvalue weighted by atomic mass is 32.1. The van der Waals surface area contributed by atoms with E-state index in [2.05, 4.69) is 16.9 Å². The summed E-state index contributed by atoms with van der Waals surface area (Å²) >= 11 is 1.05. The lowest BCUT2D eigenvalue weighted by Crippen LogP contribution is -2.29. The molecule has 4 heterocycles. The maximum atomic E-state index is 13.7. The van der Waals surface area contributed by atoms with Crippen molar-refractivity contribution in [1.82, 2.24) is 14.4 Å². The molecule has 0 radical (unpaired) electrons. The van der Waals surface area contributed by atoms with Gasteiger partial charge in [-0.3, -0.25) is 23.7 Å². The molecule has 0 bridgehead atoms. The topological polar surface area (TPSA) is 114 Å². The van der Waals surface area contributed by atoms with E-state index in [1.165, 1.54) is 11.8 Å². The fraction of sp³-hybridized carbons (Fsp3) is 0.300. The van der Waals surface area contributed by atoms with Gasteiger partial charge in [0.2, 0.25) is 0 Å². The summed E-state index contributed by atoms with van der Waals surface area (Å²) in [7, 11) is 0. The van der Waals surface area contributed by atoms with Crippen LogP contribution in [0.25, 0.3) is 11.4 Å². The standard InChI is InChI=1S/C30H30N4O5S/c1-5-6-9-15-39-21-12-10-11-20(16-21)25-23(26(36)24-17(2)31-22-13-7-8-14-33(22)24)27(37)29(38)34(25)30-32-18(3)28(40-30)19(4)35/h7-8,10-14,16,25,36H,5-6,9,15H2,1-4H3. The number of aliphatic hydroxyl groups excluding tert-OH is 1. The van der Waals surface area contributed by atoms with Crippen molar-refractivity contribution >= 4 is 45.3 Å². The summed E-state index contributed by atoms with van der Waals surface area (Å²) in [4.78, 5) is 50.1. The Bertz CT molecular complexity index is 1670. The lowest BCUT2D eigenvalue weighted by Gasteiger charge is -2.23. The first-order chi connectivity index (χ1) is 19.2. The predicted octanol–water partition coefficient (Wildman–Crippen LogP) is 5.81. The van der Waals surface area contributed by atoms with Gasteiger partial charge in [-0.15, -0.1) is 0 Å². The lowest BCUT2D eigenvalue weighted by atomic mass is 9.96. The highest BCUT2D eigenvalue weighted by molar-refractivity contribution is 7.18. The number of aryl methyl sites for hydroxylation is 2. The number of rotatable bonds is 9. The molecule has 10 heteroatoms. The van der Waals surface area contributed by atoms with Gasteiger partial charge >= 0.3 is 5.91 Å². The molecule has 1 unspecified atom stereocenters. The summed E-state index contributed by atoms with van der Waals surface area (Å²) < 4.78 is 7.65. The molecule has 0 spiro atoms. The van der Waals surface area contributed by atoms with Crippen molar-refractivity contribution < 1.29 is 24.2 Å². The maximum Gasteiger partial charge on any atom is 0.301 e. The van der Waals surface area contributed by atoms with Crippen molar-refractivity contribution in [2.24, 2.45) is 0 Å². The number of hydrogen-bond acceptors (Lipinski definition) is 8. The van der Waals surface area contributed by atoms with Gasteiger partial charge in [0.15, 0.2) is 16.7 Å². The zero-order chi connectivity index (χ0) is 28.6. The molecule has 1 aliphatic heterocycles. The van der Waals surface area contributed by atoms with Gasteiger partial charge in [0.25, 0.3) is 5.78 Å². The second-order valence-corrected chi connectivity index (χ2v) is 10.7. The maximum absolute atomic E-state index is 13.7. The lowest BCUT2D eigenvalue weighted by molar-refractivity contribution is -0.132. The van der Waals surface area contributed by atoms with E-state index in [1.807, 2.05) is 12.1 Å². The average molecular weight is 559 g/mol. The normalized spacial score (nSPS) is 16.7. The van der Waals surface area contributed by atoms with Crippen molar-refractivity contribution in [3.63, 3.8) is 0 Å². The number of fused-ring (bicyclic) bond motifs is 1. The number of benzene rings is 1. The van der Waals surface area contributed by atoms with Gasteiger partial charge < -0.3 is 9.84 Å². The third kappa shape index (κ3) is 4.79. The van der Waals surface area contributed by atoms with E-state index in [0.717, 1.165) is 30.6 Å². The van der Waals surface area contributed by atoms with E-state index < -0.39 is 17.7 Å². The second-order valence-electron chi connectivity index (χ2n) is 9.74. The van der Waals surface area contributed by atoms with Crippen molar-refractivity contribution in [3.8, 4) is 5.75 Å². The summed E-state index contributed by atoms with van der Waals surface area (Å²) in [6.07, 6.45) is 4.75. The summed E-state index contributed by atoms with van der Waals surface area (Å²) in [6, 6.07) is 11.6. The van der Waals surface area contributed by atoms with E-state index in [0.29, 0.717) is 45.5 Å². The Balaban J connectivity index is 1.70. The Kier molecular flexibility index (Phi) is 7.53. The van der Waals surface area contributed by atoms with Crippen molar-refractivity contribution in [1.29, 1.82) is 0 Å². The number of carbonyl (C=O) groups is 3. The molecule has 40 heavy (non-hydrogen) atoms. The Morgan fingerprint density at radius 1 is 1.07 bits per heavy atom. The summed E-state index contributed by atoms with van der Waals surface area (Å²) in [5, 5.41) is 11.9. The molecule has 1 saturated heterocycles. The SMILES string of the molecule is CCCCCOc1cccc(C2C(=C(O)c3c(C)nc4ccccn34)C(=O)C(=O)N2c2nc(C)c(C(C)=O)s2)c1. The number of hydrogen-bond donors (Lipinski definition) is 1. The van der Waals surface area contributed by atoms with Crippen molar-refractivity contribution in [2.75, 3.05) is 11.5 Å². The minimum atomic E-state index is -1.00. The molecule has 9 nitrogen and oxygen atoms in total. The average Bonchev–Trinajstić information content (AvgIpc) is 3.57. The van der Waals surface area contributed by atoms with E-state index in [1.54, 1.807) is 54.8 Å². The Hall–Kier alpha value is -4.31. The van der Waals surface area contributed by atoms with Crippen molar-refractivity contribution in [2.45, 2.75) is 53.0 Å². The molecule has 3 aromatic heterocycles. The molecular weight excluding hydrogens is 528 g/mol. The van der Waals surface area contributed by atoms with Gasteiger partial charge in [0.05, 0.1) is 34.5 Å². The molecular formula is C30H30N4O5S. The van der Waals surface area contributed by atoms with Crippen LogP contribution in [0.4, 0.5) is 5.13 Å². The number of pyridine rings is 1. The van der Waals surface area contributed by atoms with Gasteiger partial charge in [0, 0.05) is 13.1 Å². The Labute approximate surface area is 235 Å². The number of amides is 1. The molecule has 206 valence electrons. The second kappa shape index (κ2) is 11.1. The monoisotopic (exact) mass is 558 g/mol. The Morgan fingerprint density at radius 3 is 2.60 bits per heavy atom. The third-order valence-corrected chi connectivity index (χ3v) is 8.13. The number of ether oxygens (including phenoxy) is 1. The van der Waals surface area contributed by atoms with Crippen LogP contribution in [-0.4, -0.2) is 43.6 Å². The number of unbranched alkanes of at least 4 members (excludes halogenated alkanes) is 2. The van der Waals surface area contributed by atoms with Crippen LogP contribution in [0.2, 0.25) is 0 Å². The number of aromatic nitrogens is 3. The number of ketones is 2. The minimum Gasteiger partial charge on any atom is -0.505 e. The zero-order valence-electron chi connectivity index (χ0n) is 22.8. The quantitative estimate of drug-likeness (QED) is 0.0907. The van der Waals surface area contributed by atoms with Crippen LogP contribution in [0.3, 0.4) is 0 Å². The molecule has 5 rings (SSSR count). The summed E-state index contributed by atoms with van der Waals surface area (Å²) in [5.74, 6) is -1.62. The van der Waals surface area contributed by atoms with Crippen LogP contribution in [0.15, 0.2) is 54.2 Å². The number of imidazole rings is 1. The largest absolute Gasteiger partial charge is 0.505 e. The van der Waals surface area contributed by atoms with Crippen LogP contribution < -0.4 is 9.64 Å². The van der Waals surface area contributed by atoms with Gasteiger partial charge in [-0.25, -0.2) is 9.97 Å². The number of Topliss-reactive ketones (excluding diaryl/α,β-unsaturated/α-hetero) is 2. The molecule has 1 aromatic carbocycles. The number of carbonyl (C=O) groups excluding carboxylic acids is 3. The molecule has 1 fully saturated rings. The van der Waals surface area contributed by atoms with E-state index in [9.17, 15) is 19.5 Å². The van der Waals surface area contributed by atoms with Gasteiger partial charge in [-0.2, -0.15) is 0 Å². The highest BCUT2D eigenvalue weighted by Crippen LogP contribution is 2.44. The first-order valence-corrected chi connectivity index (χ1v) is 14.0. The van der Waals surface area contributed by atoms with Crippen LogP contribution in [-0.2, 0) is 9.59 Å². The van der Waals surface area contributed by atoms with E-state index in [4.69, 9.17) is 4.74 Å². The summed E-state index contributed by atoms with van der Waals surface area (Å²) in [5.41, 5.74) is 2.38. The highest BCUT2D eigenvalue weighted by Gasteiger charge is 2.49. The molecule has 1 aliphatic rings. The minimum absolute atomic E-state index is 0.0842. The van der Waals surface area contributed by atoms with Gasteiger partial charge in [0.1, 0.15) is 17.1 Å². The first kappa shape index (κ1) is 27.3. The molecule has 1 amide bonds. The van der Waals surface area contributed by atoms with Crippen LogP contribution >= 0.6 is 11.3 Å². The van der Waals surface area contributed by atoms with Gasteiger partial charge in [-0.05, 0) is 50.1 Å². The predicted molar refractivity (Wildman–Crippen MR) is 153 cm³/mol. The van der Waals surface area contributed by atoms with Crippen LogP contribution in [0.5, 0.6) is 5.75 Å². The Morgan fingerprint density at radius 2 is 1.88 bits per heavy atom. The van der Waals surface area contributed by atoms with Crippen LogP contribution in [0.1, 0.15) is 71.5 Å². The number of anilines is 1.